The van der Waals surface area contributed by atoms with Crippen LogP contribution < -0.4 is 0 Å². The van der Waals surface area contributed by atoms with Crippen LogP contribution in [0.5, 0.6) is 0 Å². The number of aliphatic hydroxyl groups excluding tert-OH is 3. The molecular weight excluding hydrogens is 566 g/mol. The predicted octanol–water partition coefficient (Wildman–Crippen LogP) is 3.38. The number of carbonyl (C=O) groups is 1. The van der Waals surface area contributed by atoms with Crippen molar-refractivity contribution in [3.05, 3.63) is 58.2 Å². The van der Waals surface area contributed by atoms with Gasteiger partial charge in [-0.15, -0.1) is 10.1 Å². The van der Waals surface area contributed by atoms with Gasteiger partial charge in [0.15, 0.2) is 0 Å². The number of esters is 1. The van der Waals surface area contributed by atoms with Crippen molar-refractivity contribution in [1.29, 1.82) is 0 Å². The first-order valence-electron chi connectivity index (χ1n) is 16.4. The number of rotatable bonds is 21. The van der Waals surface area contributed by atoms with Gasteiger partial charge in [-0.25, -0.2) is 0 Å². The molecular formula is C33H53N3O8. The summed E-state index contributed by atoms with van der Waals surface area (Å²) in [5.74, 6) is -0.228. The SMILES string of the molecule is O=C(CCCC=CC[C@@H]1[C@@H](CC[C@@H](O)CCc2ccccc2)[C@H](O)C[C@@H]1O)OCCCN1CCN(CCCO[N+](=O)[O-])CC1. The van der Waals surface area contributed by atoms with Gasteiger partial charge in [0.1, 0.15) is 0 Å². The van der Waals surface area contributed by atoms with Gasteiger partial charge in [0, 0.05) is 45.7 Å². The lowest BCUT2D eigenvalue weighted by Crippen LogP contribution is -2.47. The number of hydrogen-bond acceptors (Lipinski definition) is 10. The summed E-state index contributed by atoms with van der Waals surface area (Å²) in [4.78, 5) is 31.3. The van der Waals surface area contributed by atoms with Crippen LogP contribution in [-0.2, 0) is 20.8 Å². The first kappa shape index (κ1) is 35.9. The zero-order valence-corrected chi connectivity index (χ0v) is 26.1. The Morgan fingerprint density at radius 1 is 0.955 bits per heavy atom. The van der Waals surface area contributed by atoms with Crippen molar-refractivity contribution in [1.82, 2.24) is 9.80 Å². The van der Waals surface area contributed by atoms with Crippen molar-refractivity contribution < 1.29 is 34.8 Å². The smallest absolute Gasteiger partial charge is 0.305 e. The fraction of sp³-hybridized carbons (Fsp3) is 0.727. The summed E-state index contributed by atoms with van der Waals surface area (Å²) in [5, 5.41) is 41.0. The van der Waals surface area contributed by atoms with Gasteiger partial charge < -0.3 is 34.7 Å². The highest BCUT2D eigenvalue weighted by atomic mass is 16.9. The van der Waals surface area contributed by atoms with Gasteiger partial charge in [-0.1, -0.05) is 42.5 Å². The fourth-order valence-electron chi connectivity index (χ4n) is 6.36. The lowest BCUT2D eigenvalue weighted by atomic mass is 9.85. The minimum atomic E-state index is -0.751. The van der Waals surface area contributed by atoms with Crippen molar-refractivity contribution in [2.24, 2.45) is 11.8 Å². The maximum absolute atomic E-state index is 12.1. The van der Waals surface area contributed by atoms with Crippen LogP contribution in [0.3, 0.4) is 0 Å². The van der Waals surface area contributed by atoms with E-state index >= 15 is 0 Å². The average molecular weight is 620 g/mol. The van der Waals surface area contributed by atoms with Gasteiger partial charge in [-0.05, 0) is 81.6 Å². The molecule has 1 saturated carbocycles. The lowest BCUT2D eigenvalue weighted by Gasteiger charge is -2.34. The van der Waals surface area contributed by atoms with Gasteiger partial charge in [-0.2, -0.15) is 0 Å². The molecule has 1 aliphatic carbocycles. The van der Waals surface area contributed by atoms with E-state index in [9.17, 15) is 30.2 Å². The van der Waals surface area contributed by atoms with Gasteiger partial charge in [0.2, 0.25) is 0 Å². The van der Waals surface area contributed by atoms with Gasteiger partial charge in [0.25, 0.3) is 5.09 Å². The number of piperazine rings is 1. The molecule has 11 nitrogen and oxygen atoms in total. The molecule has 0 radical (unpaired) electrons. The Kier molecular flexibility index (Phi) is 16.7. The molecule has 3 N–H and O–H groups in total. The lowest BCUT2D eigenvalue weighted by molar-refractivity contribution is -0.757. The highest BCUT2D eigenvalue weighted by Crippen LogP contribution is 2.38. The predicted molar refractivity (Wildman–Crippen MR) is 167 cm³/mol. The second kappa shape index (κ2) is 20.5. The number of allylic oxidation sites excluding steroid dienone is 2. The zero-order valence-electron chi connectivity index (χ0n) is 26.1. The first-order valence-corrected chi connectivity index (χ1v) is 16.4. The molecule has 2 fully saturated rings. The van der Waals surface area contributed by atoms with E-state index in [1.165, 1.54) is 5.56 Å². The van der Waals surface area contributed by atoms with E-state index < -0.39 is 23.4 Å². The number of benzene rings is 1. The van der Waals surface area contributed by atoms with E-state index in [1.807, 2.05) is 24.3 Å². The van der Waals surface area contributed by atoms with Crippen LogP contribution in [0.25, 0.3) is 0 Å². The molecule has 0 unspecified atom stereocenters. The number of hydrogen-bond donors (Lipinski definition) is 3. The van der Waals surface area contributed by atoms with Crippen molar-refractivity contribution >= 4 is 5.97 Å². The van der Waals surface area contributed by atoms with Crippen LogP contribution in [-0.4, -0.2) is 107 Å². The topological polar surface area (TPSA) is 146 Å². The molecule has 1 aromatic rings. The number of aliphatic hydroxyl groups is 3. The molecule has 0 bridgehead atoms. The molecule has 2 aliphatic rings. The zero-order chi connectivity index (χ0) is 31.6. The van der Waals surface area contributed by atoms with Crippen molar-refractivity contribution in [2.75, 3.05) is 52.5 Å². The first-order chi connectivity index (χ1) is 21.3. The van der Waals surface area contributed by atoms with E-state index in [1.54, 1.807) is 0 Å². The van der Waals surface area contributed by atoms with Gasteiger partial charge >= 0.3 is 5.97 Å². The molecule has 44 heavy (non-hydrogen) atoms. The van der Waals surface area contributed by atoms with Crippen LogP contribution in [0.4, 0.5) is 0 Å². The van der Waals surface area contributed by atoms with Crippen LogP contribution >= 0.6 is 0 Å². The molecule has 248 valence electrons. The Labute approximate surface area is 261 Å². The number of nitrogens with zero attached hydrogens (tertiary/aromatic N) is 3. The molecule has 0 amide bonds. The van der Waals surface area contributed by atoms with Crippen LogP contribution in [0, 0.1) is 22.0 Å². The highest BCUT2D eigenvalue weighted by Gasteiger charge is 2.40. The van der Waals surface area contributed by atoms with Crippen molar-refractivity contribution in [3.63, 3.8) is 0 Å². The highest BCUT2D eigenvalue weighted by molar-refractivity contribution is 5.69. The van der Waals surface area contributed by atoms with E-state index in [0.717, 1.165) is 58.5 Å². The molecule has 0 spiro atoms. The molecule has 0 aromatic heterocycles. The van der Waals surface area contributed by atoms with Gasteiger partial charge in [-0.3, -0.25) is 4.79 Å². The number of unbranched alkanes of at least 4 members (excludes halogenated alkanes) is 1. The minimum Gasteiger partial charge on any atom is -0.466 e. The van der Waals surface area contributed by atoms with E-state index in [4.69, 9.17) is 4.74 Å². The quantitative estimate of drug-likeness (QED) is 0.0615. The Balaban J connectivity index is 1.20. The molecule has 1 aliphatic heterocycles. The van der Waals surface area contributed by atoms with E-state index in [-0.39, 0.29) is 24.4 Å². The summed E-state index contributed by atoms with van der Waals surface area (Å²) in [7, 11) is 0. The average Bonchev–Trinajstić information content (AvgIpc) is 3.29. The molecule has 1 heterocycles. The summed E-state index contributed by atoms with van der Waals surface area (Å²) in [6.45, 7) is 5.93. The third-order valence-corrected chi connectivity index (χ3v) is 8.95. The Morgan fingerprint density at radius 2 is 1.61 bits per heavy atom. The molecule has 11 heteroatoms. The minimum absolute atomic E-state index is 0.0223. The number of carbonyl (C=O) groups excluding carboxylic acids is 1. The Bertz CT molecular complexity index is 973. The van der Waals surface area contributed by atoms with Crippen molar-refractivity contribution in [3.8, 4) is 0 Å². The van der Waals surface area contributed by atoms with Crippen molar-refractivity contribution in [2.45, 2.75) is 88.9 Å². The summed E-state index contributed by atoms with van der Waals surface area (Å²) in [6, 6.07) is 10.1. The third-order valence-electron chi connectivity index (χ3n) is 8.95. The number of aryl methyl sites for hydroxylation is 1. The van der Waals surface area contributed by atoms with E-state index in [0.29, 0.717) is 58.0 Å². The molecule has 3 rings (SSSR count). The van der Waals surface area contributed by atoms with Crippen LogP contribution in [0.1, 0.15) is 69.8 Å². The summed E-state index contributed by atoms with van der Waals surface area (Å²) < 4.78 is 5.41. The van der Waals surface area contributed by atoms with Gasteiger partial charge in [0.05, 0.1) is 31.5 Å². The molecule has 5 atom stereocenters. The maximum atomic E-state index is 12.1. The van der Waals surface area contributed by atoms with Crippen LogP contribution in [0.15, 0.2) is 42.5 Å². The number of ether oxygens (including phenoxy) is 1. The largest absolute Gasteiger partial charge is 0.466 e. The standard InChI is InChI=1S/C33H53N3O8/c37-28(15-14-27-10-4-3-5-11-27)16-17-30-29(31(38)26-32(30)39)12-6-1-2-7-13-33(40)43-24-8-18-34-20-22-35(23-21-34)19-9-25-44-36(41)42/h1,3-6,10-11,28-32,37-39H,2,7-9,12-26H2/t28-,29+,30+,31-,32+/m0/s1. The Morgan fingerprint density at radius 3 is 2.30 bits per heavy atom. The third kappa shape index (κ3) is 14.0. The Hall–Kier alpha value is -2.57. The summed E-state index contributed by atoms with van der Waals surface area (Å²) in [5.41, 5.74) is 1.21. The normalized spacial score (nSPS) is 23.6. The summed E-state index contributed by atoms with van der Waals surface area (Å²) >= 11 is 0. The summed E-state index contributed by atoms with van der Waals surface area (Å²) in [6.07, 6.45) is 9.75. The maximum Gasteiger partial charge on any atom is 0.305 e. The molecule has 1 saturated heterocycles. The second-order valence-electron chi connectivity index (χ2n) is 12.2. The fourth-order valence-corrected chi connectivity index (χ4v) is 6.36. The molecule has 1 aromatic carbocycles. The second-order valence-corrected chi connectivity index (χ2v) is 12.2. The van der Waals surface area contributed by atoms with E-state index in [2.05, 4.69) is 32.8 Å². The van der Waals surface area contributed by atoms with Crippen LogP contribution in [0.2, 0.25) is 0 Å². The monoisotopic (exact) mass is 619 g/mol.